The molecule has 0 aromatic rings. The number of piperazine rings is 1. The van der Waals surface area contributed by atoms with Crippen LogP contribution in [0.15, 0.2) is 0 Å². The van der Waals surface area contributed by atoms with Gasteiger partial charge in [-0.05, 0) is 38.0 Å². The van der Waals surface area contributed by atoms with Crippen LogP contribution < -0.4 is 0 Å². The average molecular weight is 254 g/mol. The fraction of sp³-hybridized carbons (Fsp3) is 1.00. The normalized spacial score (nSPS) is 39.7. The summed E-state index contributed by atoms with van der Waals surface area (Å²) in [7, 11) is 0. The predicted molar refractivity (Wildman–Crippen MR) is 75.7 cm³/mol. The summed E-state index contributed by atoms with van der Waals surface area (Å²) >= 11 is 2.21. The Labute approximate surface area is 110 Å². The van der Waals surface area contributed by atoms with Crippen LogP contribution in [0.1, 0.15) is 39.0 Å². The van der Waals surface area contributed by atoms with Crippen LogP contribution in [-0.4, -0.2) is 59.1 Å². The summed E-state index contributed by atoms with van der Waals surface area (Å²) in [5.41, 5.74) is 0. The fourth-order valence-electron chi connectivity index (χ4n) is 4.05. The molecule has 1 saturated carbocycles. The first-order chi connectivity index (χ1) is 8.38. The van der Waals surface area contributed by atoms with Gasteiger partial charge in [0.2, 0.25) is 0 Å². The van der Waals surface area contributed by atoms with Gasteiger partial charge in [0.25, 0.3) is 0 Å². The molecule has 3 rings (SSSR count). The molecule has 2 heterocycles. The van der Waals surface area contributed by atoms with E-state index >= 15 is 0 Å². The molecule has 1 aliphatic carbocycles. The minimum atomic E-state index is 0.900. The van der Waals surface area contributed by atoms with Crippen molar-refractivity contribution in [3.05, 3.63) is 0 Å². The van der Waals surface area contributed by atoms with Gasteiger partial charge in [-0.1, -0.05) is 13.3 Å². The molecule has 98 valence electrons. The van der Waals surface area contributed by atoms with Gasteiger partial charge >= 0.3 is 0 Å². The number of hydrogen-bond acceptors (Lipinski definition) is 3. The zero-order valence-electron chi connectivity index (χ0n) is 11.1. The summed E-state index contributed by atoms with van der Waals surface area (Å²) < 4.78 is 0. The summed E-state index contributed by atoms with van der Waals surface area (Å²) in [5, 5.41) is 0.938. The molecular formula is C14H26N2S. The highest BCUT2D eigenvalue weighted by Crippen LogP contribution is 2.35. The van der Waals surface area contributed by atoms with E-state index in [1.165, 1.54) is 64.0 Å². The monoisotopic (exact) mass is 254 g/mol. The molecule has 2 nitrogen and oxygen atoms in total. The van der Waals surface area contributed by atoms with Gasteiger partial charge < -0.3 is 0 Å². The first-order valence-electron chi connectivity index (χ1n) is 7.48. The maximum atomic E-state index is 2.84. The lowest BCUT2D eigenvalue weighted by atomic mass is 10.1. The van der Waals surface area contributed by atoms with Crippen LogP contribution in [0.4, 0.5) is 0 Å². The molecule has 17 heavy (non-hydrogen) atoms. The molecule has 0 N–H and O–H groups in total. The quantitative estimate of drug-likeness (QED) is 0.764. The molecule has 0 bridgehead atoms. The van der Waals surface area contributed by atoms with Crippen LogP contribution in [0.3, 0.4) is 0 Å². The molecular weight excluding hydrogens is 228 g/mol. The van der Waals surface area contributed by atoms with E-state index in [1.807, 2.05) is 0 Å². The minimum absolute atomic E-state index is 0.900. The molecule has 0 aromatic carbocycles. The number of thioether (sulfide) groups is 1. The van der Waals surface area contributed by atoms with Gasteiger partial charge in [0.1, 0.15) is 0 Å². The van der Waals surface area contributed by atoms with E-state index in [4.69, 9.17) is 0 Å². The second-order valence-corrected chi connectivity index (χ2v) is 7.34. The van der Waals surface area contributed by atoms with Crippen molar-refractivity contribution in [2.75, 3.05) is 31.9 Å². The molecule has 0 amide bonds. The van der Waals surface area contributed by atoms with E-state index < -0.39 is 0 Å². The van der Waals surface area contributed by atoms with E-state index in [0.717, 1.165) is 17.3 Å². The van der Waals surface area contributed by atoms with Crippen molar-refractivity contribution in [2.24, 2.45) is 0 Å². The molecule has 0 radical (unpaired) electrons. The third kappa shape index (κ3) is 2.52. The Morgan fingerprint density at radius 1 is 1.00 bits per heavy atom. The molecule has 3 heteroatoms. The lowest BCUT2D eigenvalue weighted by Gasteiger charge is -2.42. The smallest absolute Gasteiger partial charge is 0.0224 e. The number of rotatable bonds is 3. The van der Waals surface area contributed by atoms with Crippen LogP contribution in [-0.2, 0) is 0 Å². The Bertz CT molecular complexity index is 259. The Kier molecular flexibility index (Phi) is 3.98. The summed E-state index contributed by atoms with van der Waals surface area (Å²) in [5.74, 6) is 1.30. The minimum Gasteiger partial charge on any atom is -0.298 e. The molecule has 0 spiro atoms. The number of fused-ring (bicyclic) bond motifs is 1. The lowest BCUT2D eigenvalue weighted by Crippen LogP contribution is -2.54. The largest absolute Gasteiger partial charge is 0.298 e. The SMILES string of the molecule is CCSC1CCCC1N1CCN2CCCC2C1. The first kappa shape index (κ1) is 12.3. The van der Waals surface area contributed by atoms with Gasteiger partial charge in [0.05, 0.1) is 0 Å². The Hall–Kier alpha value is 0.270. The van der Waals surface area contributed by atoms with Gasteiger partial charge in [0, 0.05) is 37.0 Å². The second-order valence-electron chi connectivity index (χ2n) is 5.82. The maximum Gasteiger partial charge on any atom is 0.0224 e. The maximum absolute atomic E-state index is 2.84. The molecule has 3 atom stereocenters. The highest BCUT2D eigenvalue weighted by Gasteiger charge is 2.37. The van der Waals surface area contributed by atoms with Gasteiger partial charge in [-0.3, -0.25) is 9.80 Å². The Morgan fingerprint density at radius 3 is 2.76 bits per heavy atom. The third-order valence-electron chi connectivity index (χ3n) is 4.89. The van der Waals surface area contributed by atoms with Crippen molar-refractivity contribution >= 4 is 11.8 Å². The van der Waals surface area contributed by atoms with Gasteiger partial charge in [-0.15, -0.1) is 0 Å². The van der Waals surface area contributed by atoms with E-state index in [0.29, 0.717) is 0 Å². The topological polar surface area (TPSA) is 6.48 Å². The predicted octanol–water partition coefficient (Wildman–Crippen LogP) is 2.44. The van der Waals surface area contributed by atoms with Crippen molar-refractivity contribution in [3.8, 4) is 0 Å². The first-order valence-corrected chi connectivity index (χ1v) is 8.53. The standard InChI is InChI=1S/C14H26N2S/c1-2-17-14-7-3-6-13(14)16-10-9-15-8-4-5-12(15)11-16/h12-14H,2-11H2,1H3. The van der Waals surface area contributed by atoms with E-state index in [2.05, 4.69) is 28.5 Å². The van der Waals surface area contributed by atoms with Gasteiger partial charge in [-0.25, -0.2) is 0 Å². The van der Waals surface area contributed by atoms with Crippen LogP contribution in [0.25, 0.3) is 0 Å². The van der Waals surface area contributed by atoms with Crippen molar-refractivity contribution < 1.29 is 0 Å². The Balaban J connectivity index is 1.60. The van der Waals surface area contributed by atoms with E-state index in [1.54, 1.807) is 0 Å². The van der Waals surface area contributed by atoms with E-state index in [-0.39, 0.29) is 0 Å². The number of hydrogen-bond donors (Lipinski definition) is 0. The summed E-state index contributed by atoms with van der Waals surface area (Å²) in [6.45, 7) is 7.73. The molecule has 2 saturated heterocycles. The van der Waals surface area contributed by atoms with Gasteiger partial charge in [-0.2, -0.15) is 11.8 Å². The third-order valence-corrected chi connectivity index (χ3v) is 6.20. The molecule has 3 aliphatic rings. The van der Waals surface area contributed by atoms with Crippen molar-refractivity contribution in [1.82, 2.24) is 9.80 Å². The fourth-order valence-corrected chi connectivity index (χ4v) is 5.34. The van der Waals surface area contributed by atoms with Crippen LogP contribution in [0.2, 0.25) is 0 Å². The summed E-state index contributed by atoms with van der Waals surface area (Å²) in [4.78, 5) is 5.57. The molecule has 2 aliphatic heterocycles. The lowest BCUT2D eigenvalue weighted by molar-refractivity contribution is 0.0750. The highest BCUT2D eigenvalue weighted by atomic mass is 32.2. The molecule has 0 aromatic heterocycles. The van der Waals surface area contributed by atoms with Crippen LogP contribution in [0, 0.1) is 0 Å². The van der Waals surface area contributed by atoms with Crippen molar-refractivity contribution in [1.29, 1.82) is 0 Å². The highest BCUT2D eigenvalue weighted by molar-refractivity contribution is 7.99. The molecule has 3 unspecified atom stereocenters. The summed E-state index contributed by atoms with van der Waals surface area (Å²) in [6, 6.07) is 1.80. The number of nitrogens with zero attached hydrogens (tertiary/aromatic N) is 2. The zero-order valence-corrected chi connectivity index (χ0v) is 11.9. The molecule has 3 fully saturated rings. The van der Waals surface area contributed by atoms with Crippen molar-refractivity contribution in [3.63, 3.8) is 0 Å². The van der Waals surface area contributed by atoms with Crippen LogP contribution >= 0.6 is 11.8 Å². The van der Waals surface area contributed by atoms with Gasteiger partial charge in [0.15, 0.2) is 0 Å². The van der Waals surface area contributed by atoms with Crippen LogP contribution in [0.5, 0.6) is 0 Å². The summed E-state index contributed by atoms with van der Waals surface area (Å²) in [6.07, 6.45) is 7.29. The zero-order chi connectivity index (χ0) is 11.7. The second kappa shape index (κ2) is 5.50. The Morgan fingerprint density at radius 2 is 1.88 bits per heavy atom. The van der Waals surface area contributed by atoms with E-state index in [9.17, 15) is 0 Å². The van der Waals surface area contributed by atoms with Crippen molar-refractivity contribution in [2.45, 2.75) is 56.4 Å². The average Bonchev–Trinajstić information content (AvgIpc) is 2.96.